The van der Waals surface area contributed by atoms with Crippen LogP contribution in [-0.4, -0.2) is 64.4 Å². The highest BCUT2D eigenvalue weighted by Crippen LogP contribution is 2.34. The second kappa shape index (κ2) is 11.1. The molecule has 6 nitrogen and oxygen atoms in total. The topological polar surface area (TPSA) is 43.4 Å². The number of benzene rings is 2. The second-order valence-electron chi connectivity index (χ2n) is 9.06. The molecule has 6 heteroatoms. The highest BCUT2D eigenvalue weighted by atomic mass is 16.5. The summed E-state index contributed by atoms with van der Waals surface area (Å²) in [6.45, 7) is 6.57. The van der Waals surface area contributed by atoms with Crippen molar-refractivity contribution in [2.45, 2.75) is 45.2 Å². The van der Waals surface area contributed by atoms with Gasteiger partial charge in [0.25, 0.3) is 0 Å². The van der Waals surface area contributed by atoms with E-state index in [1.165, 1.54) is 41.5 Å². The minimum Gasteiger partial charge on any atom is -0.493 e. The molecule has 2 heterocycles. The van der Waals surface area contributed by atoms with Crippen LogP contribution in [0.3, 0.4) is 0 Å². The van der Waals surface area contributed by atoms with Crippen LogP contribution >= 0.6 is 0 Å². The number of unbranched alkanes of at least 4 members (excludes halogenated alkanes) is 2. The van der Waals surface area contributed by atoms with Gasteiger partial charge in [0, 0.05) is 26.2 Å². The van der Waals surface area contributed by atoms with E-state index in [1.807, 2.05) is 0 Å². The zero-order chi connectivity index (χ0) is 23.2. The van der Waals surface area contributed by atoms with E-state index in [-0.39, 0.29) is 0 Å². The van der Waals surface area contributed by atoms with Crippen LogP contribution in [0.25, 0.3) is 0 Å². The highest BCUT2D eigenvalue weighted by molar-refractivity contribution is 5.49. The minimum absolute atomic E-state index is 0.831. The van der Waals surface area contributed by atoms with Crippen molar-refractivity contribution in [1.29, 1.82) is 0 Å². The molecule has 0 spiro atoms. The van der Waals surface area contributed by atoms with Gasteiger partial charge in [-0.2, -0.15) is 0 Å². The first-order chi connectivity index (χ1) is 16.1. The lowest BCUT2D eigenvalue weighted by atomic mass is 9.98. The van der Waals surface area contributed by atoms with Crippen molar-refractivity contribution in [3.8, 4) is 23.0 Å². The molecule has 0 unspecified atom stereocenters. The molecule has 0 bridgehead atoms. The van der Waals surface area contributed by atoms with Crippen LogP contribution in [0.5, 0.6) is 23.0 Å². The van der Waals surface area contributed by atoms with Gasteiger partial charge in [0.05, 0.1) is 28.4 Å². The summed E-state index contributed by atoms with van der Waals surface area (Å²) >= 11 is 0. The van der Waals surface area contributed by atoms with Gasteiger partial charge in [0.1, 0.15) is 0 Å². The third-order valence-electron chi connectivity index (χ3n) is 7.04. The van der Waals surface area contributed by atoms with Gasteiger partial charge in [-0.1, -0.05) is 6.42 Å². The molecule has 0 aromatic heterocycles. The molecule has 2 aromatic rings. The van der Waals surface area contributed by atoms with Crippen molar-refractivity contribution in [2.24, 2.45) is 0 Å². The SMILES string of the molecule is COc1cc2c(cc1OC)CN(CCCCCN1CCc3cc(OC)c(OC)cc3C1)CC2. The molecule has 0 atom stereocenters. The van der Waals surface area contributed by atoms with E-state index in [4.69, 9.17) is 18.9 Å². The summed E-state index contributed by atoms with van der Waals surface area (Å²) in [6, 6.07) is 8.60. The molecule has 0 amide bonds. The standard InChI is InChI=1S/C27H38N2O4/c1-30-24-14-20-8-12-28(18-22(20)16-26(24)32-3)10-6-5-7-11-29-13-9-21-15-25(31-2)27(33-4)17-23(21)19-29/h14-17H,5-13,18-19H2,1-4H3. The Labute approximate surface area is 198 Å². The van der Waals surface area contributed by atoms with Gasteiger partial charge in [-0.05, 0) is 85.3 Å². The lowest BCUT2D eigenvalue weighted by Gasteiger charge is -2.30. The molecule has 2 aliphatic heterocycles. The number of fused-ring (bicyclic) bond motifs is 2. The van der Waals surface area contributed by atoms with Gasteiger partial charge in [0.15, 0.2) is 23.0 Å². The summed E-state index contributed by atoms with van der Waals surface area (Å²) in [5.41, 5.74) is 5.53. The summed E-state index contributed by atoms with van der Waals surface area (Å²) in [6.07, 6.45) is 5.93. The van der Waals surface area contributed by atoms with Gasteiger partial charge in [-0.25, -0.2) is 0 Å². The Morgan fingerprint density at radius 3 is 1.27 bits per heavy atom. The third-order valence-corrected chi connectivity index (χ3v) is 7.04. The Morgan fingerprint density at radius 2 is 0.909 bits per heavy atom. The van der Waals surface area contributed by atoms with Crippen molar-refractivity contribution < 1.29 is 18.9 Å². The summed E-state index contributed by atoms with van der Waals surface area (Å²) in [4.78, 5) is 5.15. The molecule has 33 heavy (non-hydrogen) atoms. The Kier molecular flexibility index (Phi) is 7.99. The second-order valence-corrected chi connectivity index (χ2v) is 9.06. The van der Waals surface area contributed by atoms with Gasteiger partial charge in [-0.15, -0.1) is 0 Å². The van der Waals surface area contributed by atoms with E-state index < -0.39 is 0 Å². The van der Waals surface area contributed by atoms with E-state index >= 15 is 0 Å². The molecule has 0 radical (unpaired) electrons. The Hall–Kier alpha value is -2.44. The van der Waals surface area contributed by atoms with Crippen molar-refractivity contribution in [1.82, 2.24) is 9.80 Å². The molecule has 0 saturated heterocycles. The quantitative estimate of drug-likeness (QED) is 0.499. The smallest absolute Gasteiger partial charge is 0.161 e. The van der Waals surface area contributed by atoms with E-state index in [1.54, 1.807) is 28.4 Å². The van der Waals surface area contributed by atoms with Gasteiger partial charge in [0.2, 0.25) is 0 Å². The van der Waals surface area contributed by atoms with Gasteiger partial charge in [-0.3, -0.25) is 9.80 Å². The van der Waals surface area contributed by atoms with Crippen molar-refractivity contribution in [3.63, 3.8) is 0 Å². The lowest BCUT2D eigenvalue weighted by Crippen LogP contribution is -2.32. The molecular weight excluding hydrogens is 416 g/mol. The maximum Gasteiger partial charge on any atom is 0.161 e. The fourth-order valence-corrected chi connectivity index (χ4v) is 5.11. The highest BCUT2D eigenvalue weighted by Gasteiger charge is 2.20. The number of hydrogen-bond donors (Lipinski definition) is 0. The first-order valence-corrected chi connectivity index (χ1v) is 12.1. The maximum atomic E-state index is 5.49. The monoisotopic (exact) mass is 454 g/mol. The zero-order valence-corrected chi connectivity index (χ0v) is 20.6. The lowest BCUT2D eigenvalue weighted by molar-refractivity contribution is 0.230. The minimum atomic E-state index is 0.831. The molecule has 0 N–H and O–H groups in total. The van der Waals surface area contributed by atoms with E-state index in [0.717, 1.165) is 75.1 Å². The average molecular weight is 455 g/mol. The van der Waals surface area contributed by atoms with E-state index in [9.17, 15) is 0 Å². The summed E-state index contributed by atoms with van der Waals surface area (Å²) < 4.78 is 21.9. The first-order valence-electron chi connectivity index (χ1n) is 12.1. The fraction of sp³-hybridized carbons (Fsp3) is 0.556. The Balaban J connectivity index is 1.20. The normalized spacial score (nSPS) is 16.1. The summed E-state index contributed by atoms with van der Waals surface area (Å²) in [5, 5.41) is 0. The largest absolute Gasteiger partial charge is 0.493 e. The maximum absolute atomic E-state index is 5.49. The molecule has 180 valence electrons. The van der Waals surface area contributed by atoms with Crippen LogP contribution in [-0.2, 0) is 25.9 Å². The number of ether oxygens (including phenoxy) is 4. The molecule has 0 aliphatic carbocycles. The van der Waals surface area contributed by atoms with E-state index in [0.29, 0.717) is 0 Å². The van der Waals surface area contributed by atoms with Gasteiger partial charge < -0.3 is 18.9 Å². The van der Waals surface area contributed by atoms with Crippen molar-refractivity contribution in [3.05, 3.63) is 46.5 Å². The first kappa shape index (κ1) is 23.7. The molecular formula is C27H38N2O4. The van der Waals surface area contributed by atoms with Crippen LogP contribution < -0.4 is 18.9 Å². The molecule has 0 fully saturated rings. The third kappa shape index (κ3) is 5.56. The molecule has 0 saturated carbocycles. The van der Waals surface area contributed by atoms with E-state index in [2.05, 4.69) is 34.1 Å². The summed E-state index contributed by atoms with van der Waals surface area (Å²) in [7, 11) is 6.82. The molecule has 2 aromatic carbocycles. The Morgan fingerprint density at radius 1 is 0.545 bits per heavy atom. The van der Waals surface area contributed by atoms with Crippen molar-refractivity contribution >= 4 is 0 Å². The van der Waals surface area contributed by atoms with Crippen LogP contribution in [0.4, 0.5) is 0 Å². The van der Waals surface area contributed by atoms with Crippen LogP contribution in [0.2, 0.25) is 0 Å². The summed E-state index contributed by atoms with van der Waals surface area (Å²) in [5.74, 6) is 3.33. The Bertz CT molecular complexity index is 871. The predicted octanol–water partition coefficient (Wildman–Crippen LogP) is 4.31. The van der Waals surface area contributed by atoms with Crippen molar-refractivity contribution in [2.75, 3.05) is 54.6 Å². The van der Waals surface area contributed by atoms with Crippen LogP contribution in [0, 0.1) is 0 Å². The van der Waals surface area contributed by atoms with Crippen LogP contribution in [0.15, 0.2) is 24.3 Å². The predicted molar refractivity (Wildman–Crippen MR) is 131 cm³/mol. The van der Waals surface area contributed by atoms with Crippen LogP contribution in [0.1, 0.15) is 41.5 Å². The number of rotatable bonds is 10. The zero-order valence-electron chi connectivity index (χ0n) is 20.6. The number of nitrogens with zero attached hydrogens (tertiary/aromatic N) is 2. The molecule has 2 aliphatic rings. The molecule has 4 rings (SSSR count). The van der Waals surface area contributed by atoms with Gasteiger partial charge >= 0.3 is 0 Å². The number of hydrogen-bond acceptors (Lipinski definition) is 6. The number of methoxy groups -OCH3 is 4. The average Bonchev–Trinajstić information content (AvgIpc) is 2.86. The fourth-order valence-electron chi connectivity index (χ4n) is 5.11.